The molecule has 7 rings (SSSR count). The Labute approximate surface area is 207 Å². The Bertz CT molecular complexity index is 1520. The largest absolute Gasteiger partial charge is 0.506 e. The minimum absolute atomic E-state index is 0.114. The van der Waals surface area contributed by atoms with Gasteiger partial charge in [-0.05, 0) is 18.6 Å². The highest BCUT2D eigenvalue weighted by molar-refractivity contribution is 6.23. The quantitative estimate of drug-likeness (QED) is 0.286. The van der Waals surface area contributed by atoms with Gasteiger partial charge in [-0.1, -0.05) is 0 Å². The number of rotatable bonds is 1. The lowest BCUT2D eigenvalue weighted by atomic mass is 9.83. The van der Waals surface area contributed by atoms with Crippen molar-refractivity contribution in [1.29, 1.82) is 0 Å². The summed E-state index contributed by atoms with van der Waals surface area (Å²) in [6.45, 7) is 1.71. The fourth-order valence-corrected chi connectivity index (χ4v) is 5.74. The van der Waals surface area contributed by atoms with Crippen LogP contribution < -0.4 is 9.47 Å². The number of cyclic esters (lactones) is 1. The third-order valence-electron chi connectivity index (χ3n) is 7.48. The highest BCUT2D eigenvalue weighted by Crippen LogP contribution is 2.63. The van der Waals surface area contributed by atoms with E-state index in [1.165, 1.54) is 7.11 Å². The molecule has 4 aliphatic heterocycles. The molecule has 1 spiro atoms. The van der Waals surface area contributed by atoms with Crippen LogP contribution in [0.15, 0.2) is 6.07 Å². The molecule has 0 amide bonds. The van der Waals surface area contributed by atoms with Gasteiger partial charge in [-0.2, -0.15) is 0 Å². The number of hydrogen-bond acceptors (Lipinski definition) is 12. The summed E-state index contributed by atoms with van der Waals surface area (Å²) in [6, 6.07) is 1.64. The number of phenolic OH excluding ortho intramolecular Hbond substituents is 3. The number of carbonyl (C=O) groups is 4. The number of Topliss-reactive ketones (excluding diaryl/α,β-unsaturated/α-hetero) is 3. The van der Waals surface area contributed by atoms with E-state index >= 15 is 0 Å². The lowest BCUT2D eigenvalue weighted by Gasteiger charge is -2.32. The summed E-state index contributed by atoms with van der Waals surface area (Å²) in [6.07, 6.45) is -3.44. The second kappa shape index (κ2) is 6.78. The number of ketones is 3. The summed E-state index contributed by atoms with van der Waals surface area (Å²) in [5.74, 6) is -8.57. The van der Waals surface area contributed by atoms with Gasteiger partial charge in [0.25, 0.3) is 5.78 Å². The summed E-state index contributed by atoms with van der Waals surface area (Å²) in [5, 5.41) is 32.9. The average molecular weight is 510 g/mol. The first kappa shape index (κ1) is 22.1. The molecular formula is C25H18O12. The van der Waals surface area contributed by atoms with E-state index in [0.717, 1.165) is 0 Å². The molecule has 190 valence electrons. The molecular weight excluding hydrogens is 492 g/mol. The van der Waals surface area contributed by atoms with Crippen LogP contribution in [0, 0.1) is 0 Å². The van der Waals surface area contributed by atoms with Crippen molar-refractivity contribution >= 4 is 23.3 Å². The maximum Gasteiger partial charge on any atom is 0.346 e. The van der Waals surface area contributed by atoms with Gasteiger partial charge in [-0.3, -0.25) is 14.4 Å². The maximum absolute atomic E-state index is 13.7. The molecule has 37 heavy (non-hydrogen) atoms. The van der Waals surface area contributed by atoms with Gasteiger partial charge >= 0.3 is 11.8 Å². The van der Waals surface area contributed by atoms with Crippen LogP contribution in [0.25, 0.3) is 0 Å². The molecule has 1 aliphatic carbocycles. The van der Waals surface area contributed by atoms with Crippen molar-refractivity contribution in [2.45, 2.75) is 50.0 Å². The molecule has 3 N–H and O–H groups in total. The first-order valence-electron chi connectivity index (χ1n) is 11.5. The Balaban J connectivity index is 1.38. The number of epoxide rings is 1. The molecule has 5 atom stereocenters. The first-order chi connectivity index (χ1) is 17.6. The second-order valence-electron chi connectivity index (χ2n) is 9.64. The van der Waals surface area contributed by atoms with Gasteiger partial charge in [-0.15, -0.1) is 0 Å². The van der Waals surface area contributed by atoms with Crippen LogP contribution in [-0.4, -0.2) is 69.8 Å². The number of phenols is 3. The fourth-order valence-electron chi connectivity index (χ4n) is 5.74. The lowest BCUT2D eigenvalue weighted by Crippen LogP contribution is -2.53. The van der Waals surface area contributed by atoms with Gasteiger partial charge in [0, 0.05) is 25.5 Å². The third-order valence-corrected chi connectivity index (χ3v) is 7.48. The van der Waals surface area contributed by atoms with Gasteiger partial charge in [0.05, 0.1) is 11.1 Å². The molecule has 4 heterocycles. The van der Waals surface area contributed by atoms with E-state index in [9.17, 15) is 34.5 Å². The lowest BCUT2D eigenvalue weighted by molar-refractivity contribution is -0.0898. The molecule has 0 radical (unpaired) electrons. The second-order valence-corrected chi connectivity index (χ2v) is 9.64. The summed E-state index contributed by atoms with van der Waals surface area (Å²) in [4.78, 5) is 51.8. The number of hydrogen-bond donors (Lipinski definition) is 3. The predicted molar refractivity (Wildman–Crippen MR) is 116 cm³/mol. The number of fused-ring (bicyclic) bond motifs is 7. The maximum atomic E-state index is 13.7. The van der Waals surface area contributed by atoms with Crippen molar-refractivity contribution in [3.05, 3.63) is 39.4 Å². The van der Waals surface area contributed by atoms with Crippen LogP contribution in [0.5, 0.6) is 28.7 Å². The average Bonchev–Trinajstić information content (AvgIpc) is 3.60. The zero-order valence-corrected chi connectivity index (χ0v) is 19.3. The van der Waals surface area contributed by atoms with E-state index in [-0.39, 0.29) is 17.7 Å². The molecule has 12 nitrogen and oxygen atoms in total. The summed E-state index contributed by atoms with van der Waals surface area (Å²) in [7, 11) is 1.22. The molecule has 1 fully saturated rings. The minimum Gasteiger partial charge on any atom is -0.506 e. The monoisotopic (exact) mass is 510 g/mol. The third kappa shape index (κ3) is 2.53. The highest BCUT2D eigenvalue weighted by Gasteiger charge is 2.72. The molecule has 1 saturated heterocycles. The fraction of sp³-hybridized carbons (Fsp3) is 0.360. The number of esters is 1. The van der Waals surface area contributed by atoms with E-state index < -0.39 is 93.2 Å². The molecule has 0 saturated carbocycles. The Morgan fingerprint density at radius 2 is 1.62 bits per heavy atom. The zero-order valence-electron chi connectivity index (χ0n) is 19.3. The Morgan fingerprint density at radius 3 is 2.35 bits per heavy atom. The smallest absolute Gasteiger partial charge is 0.346 e. The van der Waals surface area contributed by atoms with Crippen LogP contribution in [0.4, 0.5) is 0 Å². The normalized spacial score (nSPS) is 30.4. The van der Waals surface area contributed by atoms with Gasteiger partial charge in [0.1, 0.15) is 35.2 Å². The van der Waals surface area contributed by atoms with Crippen LogP contribution in [-0.2, 0) is 20.6 Å². The first-order valence-corrected chi connectivity index (χ1v) is 11.5. The van der Waals surface area contributed by atoms with Crippen molar-refractivity contribution in [2.75, 3.05) is 7.11 Å². The van der Waals surface area contributed by atoms with Gasteiger partial charge in [0.15, 0.2) is 40.7 Å². The summed E-state index contributed by atoms with van der Waals surface area (Å²) < 4.78 is 27.6. The molecule has 0 aromatic heterocycles. The van der Waals surface area contributed by atoms with E-state index in [0.29, 0.717) is 17.5 Å². The Hall–Kier alpha value is -4.16. The number of methoxy groups -OCH3 is 1. The predicted octanol–water partition coefficient (Wildman–Crippen LogP) is 1.49. The number of carbonyl (C=O) groups excluding carboxylic acids is 4. The van der Waals surface area contributed by atoms with Gasteiger partial charge < -0.3 is 39.0 Å². The number of aromatic hydroxyl groups is 3. The van der Waals surface area contributed by atoms with Crippen LogP contribution in [0.3, 0.4) is 0 Å². The Kier molecular flexibility index (Phi) is 4.04. The van der Waals surface area contributed by atoms with Crippen molar-refractivity contribution in [1.82, 2.24) is 0 Å². The number of ether oxygens (including phenoxy) is 5. The minimum atomic E-state index is -2.30. The summed E-state index contributed by atoms with van der Waals surface area (Å²) in [5.41, 5.74) is -0.788. The molecule has 2 unspecified atom stereocenters. The van der Waals surface area contributed by atoms with E-state index in [1.807, 2.05) is 0 Å². The molecule has 2 aromatic rings. The van der Waals surface area contributed by atoms with Crippen LogP contribution in [0.2, 0.25) is 0 Å². The molecule has 2 aromatic carbocycles. The molecule has 0 bridgehead atoms. The topological polar surface area (TPSA) is 178 Å². The molecule has 12 heteroatoms. The highest BCUT2D eigenvalue weighted by atomic mass is 16.8. The van der Waals surface area contributed by atoms with Gasteiger partial charge in [0.2, 0.25) is 0 Å². The van der Waals surface area contributed by atoms with Crippen LogP contribution in [0.1, 0.15) is 72.0 Å². The summed E-state index contributed by atoms with van der Waals surface area (Å²) >= 11 is 0. The van der Waals surface area contributed by atoms with Crippen molar-refractivity contribution < 1.29 is 58.2 Å². The van der Waals surface area contributed by atoms with E-state index in [2.05, 4.69) is 0 Å². The van der Waals surface area contributed by atoms with Crippen molar-refractivity contribution in [2.24, 2.45) is 0 Å². The number of benzene rings is 2. The van der Waals surface area contributed by atoms with Crippen molar-refractivity contribution in [3.63, 3.8) is 0 Å². The SMILES string of the molecule is COC1CC(=O)c2c(O)c3c(c(O)c2C1=O)O[C@@]1(Oc2c(cc4c(c2O)C(=O)OC(C)C4)[C@H]2O[C@H]21)C3=O. The standard InChI is InChI=1S/C25H18O12/c1-6-3-7-4-8-19(17(29)11(7)24(32)34-6)36-25(23-20(8)35-23)22(31)14-16(28)12-9(26)5-10(33-2)15(27)13(12)18(30)21(14)37-25/h4,6,10,20,23,28-30H,3,5H2,1-2H3/t6?,10?,20-,23-,25+/m1/s1. The van der Waals surface area contributed by atoms with Gasteiger partial charge in [-0.25, -0.2) is 4.79 Å². The zero-order chi connectivity index (χ0) is 26.1. The van der Waals surface area contributed by atoms with E-state index in [1.54, 1.807) is 13.0 Å². The molecule has 5 aliphatic rings. The van der Waals surface area contributed by atoms with Crippen molar-refractivity contribution in [3.8, 4) is 28.7 Å². The van der Waals surface area contributed by atoms with Crippen LogP contribution >= 0.6 is 0 Å². The van der Waals surface area contributed by atoms with E-state index in [4.69, 9.17) is 23.7 Å². The Morgan fingerprint density at radius 1 is 0.919 bits per heavy atom.